The highest BCUT2D eigenvalue weighted by Gasteiger charge is 2.26. The molecule has 0 heterocycles. The molecule has 0 aliphatic heterocycles. The first-order valence-corrected chi connectivity index (χ1v) is 5.97. The van der Waals surface area contributed by atoms with E-state index < -0.39 is 0 Å². The minimum absolute atomic E-state index is 0.707. The van der Waals surface area contributed by atoms with E-state index in [1.165, 1.54) is 18.4 Å². The highest BCUT2D eigenvalue weighted by molar-refractivity contribution is 5.39. The molecular weight excluding hydrogens is 182 g/mol. The first-order chi connectivity index (χ1) is 7.24. The largest absolute Gasteiger partial charge is 0.319 e. The second-order valence-corrected chi connectivity index (χ2v) is 4.82. The van der Waals surface area contributed by atoms with Crippen molar-refractivity contribution in [2.75, 3.05) is 13.6 Å². The molecule has 1 aromatic rings. The van der Waals surface area contributed by atoms with Gasteiger partial charge in [-0.1, -0.05) is 25.1 Å². The normalized spacial score (nSPS) is 25.0. The van der Waals surface area contributed by atoms with E-state index in [2.05, 4.69) is 44.4 Å². The topological polar surface area (TPSA) is 12.0 Å². The van der Waals surface area contributed by atoms with E-state index in [1.54, 1.807) is 11.1 Å². The molecule has 1 heteroatoms. The maximum absolute atomic E-state index is 3.33. The molecule has 0 aromatic heterocycles. The van der Waals surface area contributed by atoms with Crippen molar-refractivity contribution in [3.05, 3.63) is 34.9 Å². The summed E-state index contributed by atoms with van der Waals surface area (Å²) in [5, 5.41) is 3.33. The second kappa shape index (κ2) is 4.36. The monoisotopic (exact) mass is 203 g/mol. The van der Waals surface area contributed by atoms with E-state index in [0.29, 0.717) is 5.92 Å². The predicted molar refractivity (Wildman–Crippen MR) is 65.3 cm³/mol. The zero-order valence-corrected chi connectivity index (χ0v) is 10.0. The van der Waals surface area contributed by atoms with Crippen LogP contribution >= 0.6 is 0 Å². The van der Waals surface area contributed by atoms with E-state index in [-0.39, 0.29) is 0 Å². The number of nitrogens with one attached hydrogen (secondary N) is 1. The van der Waals surface area contributed by atoms with Gasteiger partial charge in [-0.2, -0.15) is 0 Å². The summed E-state index contributed by atoms with van der Waals surface area (Å²) in [6.07, 6.45) is 2.60. The van der Waals surface area contributed by atoms with Crippen molar-refractivity contribution >= 4 is 0 Å². The summed E-state index contributed by atoms with van der Waals surface area (Å²) >= 11 is 0. The average molecular weight is 203 g/mol. The third kappa shape index (κ3) is 1.93. The zero-order chi connectivity index (χ0) is 10.8. The summed E-state index contributed by atoms with van der Waals surface area (Å²) in [7, 11) is 2.05. The number of fused-ring (bicyclic) bond motifs is 1. The molecule has 0 radical (unpaired) electrons. The van der Waals surface area contributed by atoms with Gasteiger partial charge >= 0.3 is 0 Å². The van der Waals surface area contributed by atoms with Gasteiger partial charge in [0.25, 0.3) is 0 Å². The van der Waals surface area contributed by atoms with Crippen molar-refractivity contribution in [3.8, 4) is 0 Å². The molecule has 0 spiro atoms. The maximum Gasteiger partial charge on any atom is 0.00198 e. The highest BCUT2D eigenvalue weighted by Crippen LogP contribution is 2.36. The number of rotatable bonds is 2. The third-order valence-electron chi connectivity index (χ3n) is 3.81. The van der Waals surface area contributed by atoms with Gasteiger partial charge in [0.05, 0.1) is 0 Å². The molecule has 82 valence electrons. The van der Waals surface area contributed by atoms with Crippen molar-refractivity contribution in [3.63, 3.8) is 0 Å². The third-order valence-corrected chi connectivity index (χ3v) is 3.81. The molecule has 1 aliphatic rings. The van der Waals surface area contributed by atoms with E-state index in [1.807, 2.05) is 0 Å². The lowest BCUT2D eigenvalue weighted by Crippen LogP contribution is -2.27. The number of benzene rings is 1. The standard InChI is InChI=1S/C14H21N/c1-10-5-4-6-13-12(10)8-7-11(2)14(13)9-15-3/h4-6,11,14-15H,7-9H2,1-3H3. The van der Waals surface area contributed by atoms with Gasteiger partial charge in [-0.05, 0) is 55.3 Å². The summed E-state index contributed by atoms with van der Waals surface area (Å²) in [6.45, 7) is 5.73. The number of hydrogen-bond acceptors (Lipinski definition) is 1. The molecule has 0 saturated carbocycles. The van der Waals surface area contributed by atoms with Crippen molar-refractivity contribution < 1.29 is 0 Å². The minimum atomic E-state index is 0.707. The van der Waals surface area contributed by atoms with E-state index in [4.69, 9.17) is 0 Å². The molecule has 0 amide bonds. The molecule has 0 saturated heterocycles. The first-order valence-electron chi connectivity index (χ1n) is 5.97. The Bertz CT molecular complexity index is 343. The lowest BCUT2D eigenvalue weighted by Gasteiger charge is -2.32. The van der Waals surface area contributed by atoms with Crippen molar-refractivity contribution in [1.29, 1.82) is 0 Å². The lowest BCUT2D eigenvalue weighted by atomic mass is 9.75. The Labute approximate surface area is 92.9 Å². The molecule has 2 rings (SSSR count). The molecule has 2 atom stereocenters. The fourth-order valence-electron chi connectivity index (χ4n) is 2.82. The van der Waals surface area contributed by atoms with Gasteiger partial charge in [0.2, 0.25) is 0 Å². The molecule has 2 unspecified atom stereocenters. The van der Waals surface area contributed by atoms with Crippen molar-refractivity contribution in [2.45, 2.75) is 32.6 Å². The van der Waals surface area contributed by atoms with Gasteiger partial charge in [-0.15, -0.1) is 0 Å². The Morgan fingerprint density at radius 1 is 1.40 bits per heavy atom. The Hall–Kier alpha value is -0.820. The molecular formula is C14H21N. The van der Waals surface area contributed by atoms with Crippen LogP contribution in [0.3, 0.4) is 0 Å². The van der Waals surface area contributed by atoms with Crippen LogP contribution in [0.2, 0.25) is 0 Å². The molecule has 1 aliphatic carbocycles. The average Bonchev–Trinajstić information content (AvgIpc) is 2.23. The van der Waals surface area contributed by atoms with E-state index >= 15 is 0 Å². The van der Waals surface area contributed by atoms with Crippen LogP contribution in [-0.4, -0.2) is 13.6 Å². The van der Waals surface area contributed by atoms with Crippen molar-refractivity contribution in [2.24, 2.45) is 5.92 Å². The fourth-order valence-corrected chi connectivity index (χ4v) is 2.82. The van der Waals surface area contributed by atoms with Crippen LogP contribution in [0.15, 0.2) is 18.2 Å². The Morgan fingerprint density at radius 3 is 2.93 bits per heavy atom. The maximum atomic E-state index is 3.33. The van der Waals surface area contributed by atoms with Gasteiger partial charge in [-0.25, -0.2) is 0 Å². The van der Waals surface area contributed by atoms with Crippen LogP contribution in [0.4, 0.5) is 0 Å². The van der Waals surface area contributed by atoms with Gasteiger partial charge in [0.15, 0.2) is 0 Å². The summed E-state index contributed by atoms with van der Waals surface area (Å²) in [6, 6.07) is 6.76. The summed E-state index contributed by atoms with van der Waals surface area (Å²) in [5.74, 6) is 1.52. The van der Waals surface area contributed by atoms with Crippen LogP contribution in [0.5, 0.6) is 0 Å². The predicted octanol–water partition coefficient (Wildman–Crippen LogP) is 2.88. The summed E-state index contributed by atoms with van der Waals surface area (Å²) in [4.78, 5) is 0. The second-order valence-electron chi connectivity index (χ2n) is 4.82. The fraction of sp³-hybridized carbons (Fsp3) is 0.571. The Balaban J connectivity index is 2.39. The lowest BCUT2D eigenvalue weighted by molar-refractivity contribution is 0.392. The number of likely N-dealkylation sites (N-methyl/N-ethyl adjacent to an activating group) is 1. The quantitative estimate of drug-likeness (QED) is 0.779. The molecule has 1 nitrogen and oxygen atoms in total. The Kier molecular flexibility index (Phi) is 3.11. The smallest absolute Gasteiger partial charge is 0.00198 e. The SMILES string of the molecule is CNCC1c2cccc(C)c2CCC1C. The van der Waals surface area contributed by atoms with Crippen LogP contribution in [0, 0.1) is 12.8 Å². The van der Waals surface area contributed by atoms with Crippen LogP contribution < -0.4 is 5.32 Å². The number of hydrogen-bond donors (Lipinski definition) is 1. The summed E-state index contributed by atoms with van der Waals surface area (Å²) < 4.78 is 0. The van der Waals surface area contributed by atoms with Gasteiger partial charge in [0, 0.05) is 6.54 Å². The first kappa shape index (κ1) is 10.7. The van der Waals surface area contributed by atoms with Crippen LogP contribution in [-0.2, 0) is 6.42 Å². The van der Waals surface area contributed by atoms with Gasteiger partial charge in [-0.3, -0.25) is 0 Å². The molecule has 1 aromatic carbocycles. The van der Waals surface area contributed by atoms with E-state index in [0.717, 1.165) is 12.5 Å². The van der Waals surface area contributed by atoms with Gasteiger partial charge < -0.3 is 5.32 Å². The molecule has 15 heavy (non-hydrogen) atoms. The van der Waals surface area contributed by atoms with E-state index in [9.17, 15) is 0 Å². The Morgan fingerprint density at radius 2 is 2.20 bits per heavy atom. The zero-order valence-electron chi connectivity index (χ0n) is 10.0. The molecule has 0 bridgehead atoms. The summed E-state index contributed by atoms with van der Waals surface area (Å²) in [5.41, 5.74) is 4.67. The number of aryl methyl sites for hydroxylation is 1. The van der Waals surface area contributed by atoms with Crippen molar-refractivity contribution in [1.82, 2.24) is 5.32 Å². The van der Waals surface area contributed by atoms with Gasteiger partial charge in [0.1, 0.15) is 0 Å². The van der Waals surface area contributed by atoms with Crippen LogP contribution in [0.1, 0.15) is 36.0 Å². The molecule has 1 N–H and O–H groups in total. The van der Waals surface area contributed by atoms with Crippen LogP contribution in [0.25, 0.3) is 0 Å². The highest BCUT2D eigenvalue weighted by atomic mass is 14.8. The minimum Gasteiger partial charge on any atom is -0.319 e. The molecule has 0 fully saturated rings.